The highest BCUT2D eigenvalue weighted by Gasteiger charge is 2.41. The van der Waals surface area contributed by atoms with E-state index in [4.69, 9.17) is 21.2 Å². The van der Waals surface area contributed by atoms with E-state index < -0.39 is 50.5 Å². The highest BCUT2D eigenvalue weighted by molar-refractivity contribution is 5.31. The molecule has 0 radical (unpaired) electrons. The lowest BCUT2D eigenvalue weighted by Crippen LogP contribution is -3.00. The SMILES string of the molecule is [2H]C([2H])([2H])Oc1ccc(C(C[N+](C([2H])([2H])[2H])(C([2H])([2H])[2H])C([2H])([2H])[2H])C2(O)CCCCC2)cc1.[I-]. The number of quaternary nitrogens is 1. The van der Waals surface area contributed by atoms with Crippen LogP contribution in [0.5, 0.6) is 5.75 Å². The van der Waals surface area contributed by atoms with E-state index in [9.17, 15) is 5.11 Å². The molecule has 0 heterocycles. The molecule has 2 rings (SSSR count). The van der Waals surface area contributed by atoms with Crippen LogP contribution in [0.4, 0.5) is 0 Å². The molecule has 0 aliphatic heterocycles. The van der Waals surface area contributed by atoms with Gasteiger partial charge in [0.25, 0.3) is 0 Å². The maximum Gasteiger partial charge on any atom is 0.118 e. The molecule has 1 aliphatic carbocycles. The zero-order chi connectivity index (χ0) is 25.5. The van der Waals surface area contributed by atoms with Crippen LogP contribution >= 0.6 is 0 Å². The molecule has 1 aliphatic rings. The van der Waals surface area contributed by atoms with Gasteiger partial charge in [0.2, 0.25) is 0 Å². The van der Waals surface area contributed by atoms with Crippen molar-refractivity contribution in [1.82, 2.24) is 0 Å². The first-order valence-electron chi connectivity index (χ1n) is 13.1. The zero-order valence-corrected chi connectivity index (χ0v) is 14.5. The van der Waals surface area contributed by atoms with E-state index >= 15 is 0 Å². The van der Waals surface area contributed by atoms with Crippen LogP contribution in [0.15, 0.2) is 24.3 Å². The number of hydrogen-bond acceptors (Lipinski definition) is 2. The summed E-state index contributed by atoms with van der Waals surface area (Å²) in [5.74, 6) is -1.16. The van der Waals surface area contributed by atoms with E-state index in [1.165, 1.54) is 24.3 Å². The lowest BCUT2D eigenvalue weighted by atomic mass is 9.72. The van der Waals surface area contributed by atoms with Crippen molar-refractivity contribution in [2.75, 3.05) is 34.5 Å². The molecule has 1 saturated carbocycles. The minimum Gasteiger partial charge on any atom is -1.00 e. The van der Waals surface area contributed by atoms with E-state index in [-0.39, 0.29) is 42.6 Å². The molecule has 126 valence electrons. The number of rotatable bonds is 5. The van der Waals surface area contributed by atoms with Crippen LogP contribution in [0.3, 0.4) is 0 Å². The van der Waals surface area contributed by atoms with E-state index in [1.807, 2.05) is 0 Å². The van der Waals surface area contributed by atoms with Gasteiger partial charge in [-0.3, -0.25) is 0 Å². The Morgan fingerprint density at radius 3 is 2.36 bits per heavy atom. The zero-order valence-electron chi connectivity index (χ0n) is 24.3. The first-order chi connectivity index (χ1) is 14.7. The number of aliphatic hydroxyl groups is 1. The average Bonchev–Trinajstić information content (AvgIpc) is 2.59. The van der Waals surface area contributed by atoms with E-state index in [0.717, 1.165) is 6.42 Å². The minimum atomic E-state index is -3.44. The molecule has 22 heavy (non-hydrogen) atoms. The van der Waals surface area contributed by atoms with Crippen molar-refractivity contribution in [1.29, 1.82) is 0 Å². The number of likely N-dealkylation sites (N-methyl/N-ethyl adjacent to an activating group) is 1. The second kappa shape index (κ2) is 7.97. The van der Waals surface area contributed by atoms with E-state index in [1.54, 1.807) is 0 Å². The molecule has 0 saturated heterocycles. The molecular weight excluding hydrogens is 389 g/mol. The van der Waals surface area contributed by atoms with Crippen molar-refractivity contribution in [3.63, 3.8) is 0 Å². The van der Waals surface area contributed by atoms with Crippen LogP contribution in [-0.2, 0) is 0 Å². The monoisotopic (exact) mass is 431 g/mol. The molecule has 4 heteroatoms. The summed E-state index contributed by atoms with van der Waals surface area (Å²) in [7, 11) is -2.70. The number of hydrogen-bond donors (Lipinski definition) is 1. The van der Waals surface area contributed by atoms with Gasteiger partial charge in [-0.25, -0.2) is 0 Å². The van der Waals surface area contributed by atoms with Gasteiger partial charge >= 0.3 is 0 Å². The fourth-order valence-electron chi connectivity index (χ4n) is 3.14. The number of nitrogens with zero attached hydrogens (tertiary/aromatic N) is 1. The van der Waals surface area contributed by atoms with Gasteiger partial charge in [-0.2, -0.15) is 0 Å². The minimum absolute atomic E-state index is 0. The van der Waals surface area contributed by atoms with Crippen molar-refractivity contribution in [3.05, 3.63) is 29.8 Å². The molecule has 1 N–H and O–H groups in total. The largest absolute Gasteiger partial charge is 1.00 e. The molecule has 1 unspecified atom stereocenters. The average molecular weight is 431 g/mol. The topological polar surface area (TPSA) is 29.5 Å². The summed E-state index contributed by atoms with van der Waals surface area (Å²) in [6, 6.07) is 5.45. The molecule has 1 fully saturated rings. The second-order valence-corrected chi connectivity index (χ2v) is 5.88. The van der Waals surface area contributed by atoms with Crippen LogP contribution < -0.4 is 28.7 Å². The smallest absolute Gasteiger partial charge is 0.118 e. The van der Waals surface area contributed by atoms with Gasteiger partial charge in [0, 0.05) is 0 Å². The molecule has 0 amide bonds. The van der Waals surface area contributed by atoms with Crippen molar-refractivity contribution in [2.45, 2.75) is 43.6 Å². The summed E-state index contributed by atoms with van der Waals surface area (Å²) in [4.78, 5) is 0. The molecule has 0 bridgehead atoms. The van der Waals surface area contributed by atoms with Gasteiger partial charge in [-0.1, -0.05) is 31.4 Å². The van der Waals surface area contributed by atoms with Crippen LogP contribution in [-0.4, -0.2) is 49.7 Å². The Labute approximate surface area is 169 Å². The summed E-state index contributed by atoms with van der Waals surface area (Å²) in [6.07, 6.45) is 2.55. The van der Waals surface area contributed by atoms with E-state index in [0.29, 0.717) is 18.4 Å². The third-order valence-electron chi connectivity index (χ3n) is 4.22. The summed E-state index contributed by atoms with van der Waals surface area (Å²) < 4.78 is 95.7. The standard InChI is InChI=1S/C18H30NO2.HI/c1-19(2,3)14-17(18(20)12-6-5-7-13-18)15-8-10-16(21-4)11-9-15;/h8-11,17,20H,5-7,12-14H2,1-4H3;1H/q+1;/p-1/i1D3,2D3,3D3,4D3;. The Kier molecular flexibility index (Phi) is 2.96. The second-order valence-electron chi connectivity index (χ2n) is 5.88. The maximum atomic E-state index is 11.5. The Hall–Kier alpha value is -0.330. The van der Waals surface area contributed by atoms with Crippen LogP contribution in [0.2, 0.25) is 0 Å². The summed E-state index contributed by atoms with van der Waals surface area (Å²) in [5, 5.41) is 11.5. The third-order valence-corrected chi connectivity index (χ3v) is 4.22. The Bertz CT molecular complexity index is 760. The van der Waals surface area contributed by atoms with Gasteiger partial charge in [-0.15, -0.1) is 0 Å². The van der Waals surface area contributed by atoms with Gasteiger partial charge in [-0.05, 0) is 30.5 Å². The van der Waals surface area contributed by atoms with Gasteiger partial charge in [0.05, 0.1) is 62.5 Å². The molecular formula is C18H30INO2. The summed E-state index contributed by atoms with van der Waals surface area (Å²) >= 11 is 0. The van der Waals surface area contributed by atoms with E-state index in [2.05, 4.69) is 0 Å². The number of benzene rings is 1. The van der Waals surface area contributed by atoms with Crippen LogP contribution in [0.1, 0.15) is 60.0 Å². The lowest BCUT2D eigenvalue weighted by molar-refractivity contribution is -0.872. The van der Waals surface area contributed by atoms with Crippen LogP contribution in [0.25, 0.3) is 0 Å². The molecule has 1 atom stereocenters. The molecule has 1 aromatic rings. The predicted octanol–water partition coefficient (Wildman–Crippen LogP) is 0.184. The Balaban J connectivity index is 0.00000578. The Morgan fingerprint density at radius 2 is 1.82 bits per heavy atom. The maximum absolute atomic E-state index is 11.5. The highest BCUT2D eigenvalue weighted by atomic mass is 127. The number of methoxy groups -OCH3 is 1. The molecule has 0 aromatic heterocycles. The number of halogens is 1. The van der Waals surface area contributed by atoms with Crippen molar-refractivity contribution in [3.8, 4) is 5.75 Å². The first kappa shape index (κ1) is 8.17. The van der Waals surface area contributed by atoms with Crippen LogP contribution in [0, 0.1) is 0 Å². The highest BCUT2D eigenvalue weighted by Crippen LogP contribution is 2.41. The molecule has 1 aromatic carbocycles. The third kappa shape index (κ3) is 5.10. The van der Waals surface area contributed by atoms with Gasteiger partial charge < -0.3 is 38.3 Å². The predicted molar refractivity (Wildman–Crippen MR) is 86.7 cm³/mol. The molecule has 3 nitrogen and oxygen atoms in total. The summed E-state index contributed by atoms with van der Waals surface area (Å²) in [5.41, 5.74) is -1.23. The molecule has 0 spiro atoms. The van der Waals surface area contributed by atoms with Crippen molar-refractivity contribution >= 4 is 0 Å². The number of ether oxygens (including phenoxy) is 1. The quantitative estimate of drug-likeness (QED) is 0.533. The first-order valence-corrected chi connectivity index (χ1v) is 7.13. The fraction of sp³-hybridized carbons (Fsp3) is 0.667. The van der Waals surface area contributed by atoms with Gasteiger partial charge in [0.1, 0.15) is 5.75 Å². The Morgan fingerprint density at radius 1 is 1.18 bits per heavy atom. The van der Waals surface area contributed by atoms with Gasteiger partial charge in [0.15, 0.2) is 0 Å². The van der Waals surface area contributed by atoms with Crippen molar-refractivity contribution < 1.29 is 54.8 Å². The summed E-state index contributed by atoms with van der Waals surface area (Å²) in [6.45, 7) is -11.2. The van der Waals surface area contributed by atoms with Crippen molar-refractivity contribution in [2.24, 2.45) is 0 Å². The normalized spacial score (nSPS) is 29.5. The fourth-order valence-corrected chi connectivity index (χ4v) is 3.14. The lowest BCUT2D eigenvalue weighted by Gasteiger charge is -2.42.